The van der Waals surface area contributed by atoms with Crippen molar-refractivity contribution in [2.45, 2.75) is 105 Å². The van der Waals surface area contributed by atoms with E-state index < -0.39 is 0 Å². The number of nitrogens with zero attached hydrogens (tertiary/aromatic N) is 5. The summed E-state index contributed by atoms with van der Waals surface area (Å²) >= 11 is 0. The molecule has 0 aliphatic carbocycles. The van der Waals surface area contributed by atoms with Gasteiger partial charge in [-0.25, -0.2) is 15.0 Å². The van der Waals surface area contributed by atoms with Crippen LogP contribution in [-0.2, 0) is 21.7 Å². The van der Waals surface area contributed by atoms with Crippen molar-refractivity contribution in [2.24, 2.45) is 0 Å². The van der Waals surface area contributed by atoms with Crippen molar-refractivity contribution in [1.29, 1.82) is 0 Å². The van der Waals surface area contributed by atoms with Gasteiger partial charge in [0.2, 0.25) is 0 Å². The van der Waals surface area contributed by atoms with E-state index in [4.69, 9.17) is 19.4 Å². The summed E-state index contributed by atoms with van der Waals surface area (Å²) in [6.07, 6.45) is 0. The van der Waals surface area contributed by atoms with Crippen molar-refractivity contribution < 1.29 is 4.42 Å². The molecule has 6 heteroatoms. The molecule has 0 spiro atoms. The van der Waals surface area contributed by atoms with Crippen LogP contribution in [0.2, 0.25) is 0 Å². The van der Waals surface area contributed by atoms with E-state index in [1.807, 2.05) is 6.07 Å². The molecule has 0 saturated carbocycles. The number of hydrogen-bond acceptors (Lipinski definition) is 4. The third-order valence-corrected chi connectivity index (χ3v) is 16.2. The molecule has 0 saturated heterocycles. The molecule has 0 aliphatic heterocycles. The molecule has 0 N–H and O–H groups in total. The summed E-state index contributed by atoms with van der Waals surface area (Å²) < 4.78 is 11.7. The second-order valence-electron chi connectivity index (χ2n) is 25.8. The lowest BCUT2D eigenvalue weighted by molar-refractivity contribution is 0.568. The molecule has 0 radical (unpaired) electrons. The number of rotatable bonds is 6. The Balaban J connectivity index is 1.15. The van der Waals surface area contributed by atoms with Gasteiger partial charge in [0, 0.05) is 49.2 Å². The molecular formula is C73H67N5O. The van der Waals surface area contributed by atoms with Crippen LogP contribution in [0.1, 0.15) is 105 Å². The van der Waals surface area contributed by atoms with Crippen molar-refractivity contribution in [2.75, 3.05) is 0 Å². The molecule has 0 aliphatic rings. The van der Waals surface area contributed by atoms with Crippen LogP contribution in [0, 0.1) is 0 Å². The average Bonchev–Trinajstić information content (AvgIpc) is 4.15. The summed E-state index contributed by atoms with van der Waals surface area (Å²) in [6.45, 7) is 27.4. The zero-order valence-corrected chi connectivity index (χ0v) is 47.5. The third kappa shape index (κ3) is 8.51. The highest BCUT2D eigenvalue weighted by atomic mass is 16.3. The van der Waals surface area contributed by atoms with Gasteiger partial charge in [0.1, 0.15) is 11.2 Å². The van der Waals surface area contributed by atoms with Crippen molar-refractivity contribution >= 4 is 65.6 Å². The molecule has 13 aromatic rings. The number of hydrogen-bond donors (Lipinski definition) is 0. The number of fused-ring (bicyclic) bond motifs is 10. The third-order valence-electron chi connectivity index (χ3n) is 16.2. The molecule has 390 valence electrons. The van der Waals surface area contributed by atoms with Gasteiger partial charge in [-0.3, -0.25) is 0 Å². The molecule has 0 unspecified atom stereocenters. The summed E-state index contributed by atoms with van der Waals surface area (Å²) in [4.78, 5) is 17.0. The van der Waals surface area contributed by atoms with E-state index in [2.05, 4.69) is 274 Å². The van der Waals surface area contributed by atoms with Crippen LogP contribution in [0.25, 0.3) is 122 Å². The topological polar surface area (TPSA) is 61.7 Å². The molecular weight excluding hydrogens is 963 g/mol. The van der Waals surface area contributed by atoms with E-state index in [1.54, 1.807) is 0 Å². The van der Waals surface area contributed by atoms with E-state index >= 15 is 0 Å². The Hall–Kier alpha value is -8.61. The first-order valence-electron chi connectivity index (χ1n) is 27.8. The SMILES string of the molecule is CC(C)(C)c1cc(-c2nc(-c3cc(C(C)(C)C)cc(C(C)(C)C)c3)nc(-c3cc(-c4ccccc4-n4c5ccccc5c5ccccc54)ccc3-n3c4ccccc4c4c5oc6ccccc6c5ccc43)n2)cc(C(C)(C)C)c1. The van der Waals surface area contributed by atoms with E-state index in [0.717, 1.165) is 94.0 Å². The van der Waals surface area contributed by atoms with Gasteiger partial charge in [0.15, 0.2) is 17.5 Å². The van der Waals surface area contributed by atoms with E-state index in [0.29, 0.717) is 17.5 Å². The second kappa shape index (κ2) is 18.0. The maximum absolute atomic E-state index is 6.84. The lowest BCUT2D eigenvalue weighted by Gasteiger charge is -2.26. The van der Waals surface area contributed by atoms with Crippen molar-refractivity contribution in [1.82, 2.24) is 24.1 Å². The number of aromatic nitrogens is 5. The summed E-state index contributed by atoms with van der Waals surface area (Å²) in [5.74, 6) is 1.84. The van der Waals surface area contributed by atoms with Crippen LogP contribution in [0.4, 0.5) is 0 Å². The standard InChI is InChI=1S/C73H67N5O/c1-70(2,3)47-37-45(38-48(42-47)71(4,5)6)67-74-68(46-39-49(72(7,8)9)43-50(40-46)73(10,11)12)76-69(75-67)57-41-44(51-23-13-18-28-58(51)77-59-29-19-14-24-52(59)53-25-15-20-30-60(53)77)33-35-62(57)78-61-31-21-16-27-56(61)65-63(78)36-34-55-54-26-17-22-32-64(54)79-66(55)65/h13-43H,1-12H3. The molecule has 6 nitrogen and oxygen atoms in total. The minimum atomic E-state index is -0.135. The van der Waals surface area contributed by atoms with E-state index in [9.17, 15) is 0 Å². The van der Waals surface area contributed by atoms with Crippen LogP contribution in [0.5, 0.6) is 0 Å². The van der Waals surface area contributed by atoms with Gasteiger partial charge in [-0.2, -0.15) is 0 Å². The van der Waals surface area contributed by atoms with Crippen LogP contribution < -0.4 is 0 Å². The molecule has 13 rings (SSSR count). The normalized spacial score (nSPS) is 12.8. The maximum atomic E-state index is 6.84. The molecule has 9 aromatic carbocycles. The van der Waals surface area contributed by atoms with Gasteiger partial charge in [-0.15, -0.1) is 0 Å². The Morgan fingerprint density at radius 1 is 0.316 bits per heavy atom. The van der Waals surface area contributed by atoms with Crippen LogP contribution in [0.3, 0.4) is 0 Å². The molecule has 0 fully saturated rings. The summed E-state index contributed by atoms with van der Waals surface area (Å²) in [5, 5.41) is 6.80. The fourth-order valence-electron chi connectivity index (χ4n) is 11.7. The Bertz CT molecular complexity index is 4380. The molecule has 0 amide bonds. The molecule has 4 heterocycles. The highest BCUT2D eigenvalue weighted by Gasteiger charge is 2.28. The zero-order valence-electron chi connectivity index (χ0n) is 47.5. The van der Waals surface area contributed by atoms with Crippen molar-refractivity contribution in [3.8, 4) is 56.7 Å². The van der Waals surface area contributed by atoms with Gasteiger partial charge >= 0.3 is 0 Å². The molecule has 0 atom stereocenters. The predicted octanol–water partition coefficient (Wildman–Crippen LogP) is 19.8. The minimum absolute atomic E-state index is 0.135. The van der Waals surface area contributed by atoms with Gasteiger partial charge in [0.25, 0.3) is 0 Å². The first-order valence-corrected chi connectivity index (χ1v) is 27.8. The number of furan rings is 1. The summed E-state index contributed by atoms with van der Waals surface area (Å²) in [7, 11) is 0. The van der Waals surface area contributed by atoms with Gasteiger partial charge in [0.05, 0.1) is 38.8 Å². The first-order chi connectivity index (χ1) is 37.7. The van der Waals surface area contributed by atoms with Crippen LogP contribution in [-0.4, -0.2) is 24.1 Å². The van der Waals surface area contributed by atoms with Crippen molar-refractivity contribution in [3.05, 3.63) is 210 Å². The Labute approximate surface area is 463 Å². The molecule has 4 aromatic heterocycles. The monoisotopic (exact) mass is 1030 g/mol. The fourth-order valence-corrected chi connectivity index (χ4v) is 11.7. The predicted molar refractivity (Wildman–Crippen MR) is 332 cm³/mol. The quantitative estimate of drug-likeness (QED) is 0.166. The van der Waals surface area contributed by atoms with Gasteiger partial charge < -0.3 is 13.6 Å². The summed E-state index contributed by atoms with van der Waals surface area (Å²) in [6, 6.07) is 68.6. The zero-order chi connectivity index (χ0) is 54.9. The van der Waals surface area contributed by atoms with Crippen molar-refractivity contribution in [3.63, 3.8) is 0 Å². The highest BCUT2D eigenvalue weighted by Crippen LogP contribution is 2.45. The van der Waals surface area contributed by atoms with Gasteiger partial charge in [-0.1, -0.05) is 192 Å². The Morgan fingerprint density at radius 2 is 0.747 bits per heavy atom. The lowest BCUT2D eigenvalue weighted by Crippen LogP contribution is -2.17. The first kappa shape index (κ1) is 49.9. The fraction of sp³-hybridized carbons (Fsp3) is 0.219. The lowest BCUT2D eigenvalue weighted by atomic mass is 9.79. The van der Waals surface area contributed by atoms with E-state index in [-0.39, 0.29) is 21.7 Å². The van der Waals surface area contributed by atoms with E-state index in [1.165, 1.54) is 33.0 Å². The average molecular weight is 1030 g/mol. The van der Waals surface area contributed by atoms with Crippen LogP contribution in [0.15, 0.2) is 192 Å². The molecule has 0 bridgehead atoms. The summed E-state index contributed by atoms with van der Waals surface area (Å²) in [5.41, 5.74) is 17.5. The number of benzene rings is 9. The second-order valence-corrected chi connectivity index (χ2v) is 25.8. The minimum Gasteiger partial charge on any atom is -0.455 e. The highest BCUT2D eigenvalue weighted by molar-refractivity contribution is 6.24. The molecule has 79 heavy (non-hydrogen) atoms. The largest absolute Gasteiger partial charge is 0.455 e. The maximum Gasteiger partial charge on any atom is 0.166 e. The number of para-hydroxylation sites is 5. The van der Waals surface area contributed by atoms with Gasteiger partial charge in [-0.05, 0) is 128 Å². The van der Waals surface area contributed by atoms with Crippen LogP contribution >= 0.6 is 0 Å². The Kier molecular flexibility index (Phi) is 11.4. The Morgan fingerprint density at radius 3 is 1.29 bits per heavy atom. The smallest absolute Gasteiger partial charge is 0.166 e.